The number of alkyl halides is 1. The Morgan fingerprint density at radius 1 is 0.443 bits per heavy atom. The number of alkyl carbamates (subject to hydrolysis) is 1. The van der Waals surface area contributed by atoms with Gasteiger partial charge in [-0.25, -0.2) is 34.7 Å². The summed E-state index contributed by atoms with van der Waals surface area (Å²) in [4.78, 5) is 128. The van der Waals surface area contributed by atoms with Crippen molar-refractivity contribution < 1.29 is 9.53 Å². The summed E-state index contributed by atoms with van der Waals surface area (Å²) in [6.07, 6.45) is 5.74. The van der Waals surface area contributed by atoms with Crippen molar-refractivity contribution in [2.45, 2.75) is 156 Å². The zero-order valence-electron chi connectivity index (χ0n) is 76.9. The molecule has 2 fully saturated rings. The van der Waals surface area contributed by atoms with E-state index >= 15 is 0 Å². The van der Waals surface area contributed by atoms with Crippen LogP contribution in [0.5, 0.6) is 0 Å². The Morgan fingerprint density at radius 2 is 0.750 bits per heavy atom. The number of aromatic nitrogens is 12. The SMILES string of the molecule is CCc1cc2nc(Cl)n(Cc3ccccc3C#N)c(=O)c2s1.CCc1cc2nc(N3CCC[C@@H](N)C3)n(Cc3ccccc3C#N)c(=O)c2s1.CCc1cc2nc(N3CCC[C@@H](NC(=O)OC(C)(C)C)C3)n(Cc3ccccc3C#N)c(=O)c2s1.Cc1cc2nc(Cl)[nH]c(=O)c2s1.Cc1cc2nc(Cl)n(Cc3ccccc3C#N)c(=O)c2s1.N#Cc1ccccc1Cn1c(Cl)nc2cc(CBr)sc2c1=O. The predicted molar refractivity (Wildman–Crippen MR) is 565 cm³/mol. The van der Waals surface area contributed by atoms with E-state index in [4.69, 9.17) is 82.6 Å². The van der Waals surface area contributed by atoms with E-state index < -0.39 is 11.7 Å². The Hall–Kier alpha value is -12.9. The molecule has 2 aliphatic heterocycles. The fraction of sp³-hybridized carbons (Fsp3) is 0.280. The summed E-state index contributed by atoms with van der Waals surface area (Å²) in [5, 5.41) is 50.7. The molecule has 140 heavy (non-hydrogen) atoms. The molecule has 0 bridgehead atoms. The first-order valence-electron chi connectivity index (χ1n) is 44.3. The number of nitrogens with one attached hydrogen (secondary N) is 2. The third-order valence-electron chi connectivity index (χ3n) is 22.5. The van der Waals surface area contributed by atoms with Crippen LogP contribution in [-0.2, 0) is 62.1 Å². The van der Waals surface area contributed by atoms with Crippen molar-refractivity contribution in [1.82, 2.24) is 63.0 Å². The number of nitrogens with zero attached hydrogens (tertiary/aromatic N) is 18. The van der Waals surface area contributed by atoms with E-state index in [1.165, 1.54) is 81.7 Å². The lowest BCUT2D eigenvalue weighted by Crippen LogP contribution is -2.50. The van der Waals surface area contributed by atoms with E-state index in [-0.39, 0.29) is 92.8 Å². The second-order valence-corrected chi connectivity index (χ2v) is 42.4. The third kappa shape index (κ3) is 24.4. The smallest absolute Gasteiger partial charge is 0.407 e. The number of fused-ring (bicyclic) bond motifs is 6. The molecule has 0 spiro atoms. The van der Waals surface area contributed by atoms with E-state index in [0.717, 1.165) is 121 Å². The normalized spacial score (nSPS) is 13.4. The highest BCUT2D eigenvalue weighted by atomic mass is 79.9. The van der Waals surface area contributed by atoms with Gasteiger partial charge in [-0.15, -0.1) is 68.0 Å². The summed E-state index contributed by atoms with van der Waals surface area (Å²) in [5.41, 5.74) is 15.3. The minimum absolute atomic E-state index is 0.0448. The van der Waals surface area contributed by atoms with Crippen LogP contribution in [-0.4, -0.2) is 108 Å². The maximum Gasteiger partial charge on any atom is 0.407 e. The molecule has 40 heteroatoms. The van der Waals surface area contributed by atoms with E-state index in [1.807, 2.05) is 151 Å². The van der Waals surface area contributed by atoms with Crippen molar-refractivity contribution in [3.63, 3.8) is 0 Å². The molecule has 2 aliphatic rings. The summed E-state index contributed by atoms with van der Waals surface area (Å²) in [7, 11) is 0. The number of anilines is 2. The zero-order chi connectivity index (χ0) is 99.9. The maximum absolute atomic E-state index is 13.7. The lowest BCUT2D eigenvalue weighted by molar-refractivity contribution is 0.0499. The van der Waals surface area contributed by atoms with Crippen molar-refractivity contribution in [1.29, 1.82) is 26.3 Å². The average Bonchev–Trinajstić information content (AvgIpc) is 1.56. The summed E-state index contributed by atoms with van der Waals surface area (Å²) < 4.78 is 16.7. The number of nitriles is 5. The highest BCUT2D eigenvalue weighted by molar-refractivity contribution is 9.08. The number of halogens is 5. The van der Waals surface area contributed by atoms with Crippen molar-refractivity contribution in [2.24, 2.45) is 5.73 Å². The lowest BCUT2D eigenvalue weighted by Gasteiger charge is -2.35. The maximum atomic E-state index is 13.7. The van der Waals surface area contributed by atoms with Crippen LogP contribution >= 0.6 is 130 Å². The molecule has 5 aromatic carbocycles. The summed E-state index contributed by atoms with van der Waals surface area (Å²) in [5.74, 6) is 1.22. The first-order chi connectivity index (χ1) is 67.3. The molecule has 0 radical (unpaired) electrons. The highest BCUT2D eigenvalue weighted by Crippen LogP contribution is 2.33. The third-order valence-corrected chi connectivity index (χ3v) is 31.4. The van der Waals surface area contributed by atoms with Gasteiger partial charge in [0.15, 0.2) is 0 Å². The van der Waals surface area contributed by atoms with E-state index in [9.17, 15) is 44.1 Å². The van der Waals surface area contributed by atoms with Crippen molar-refractivity contribution >= 4 is 210 Å². The molecule has 14 heterocycles. The number of aryl methyl sites for hydroxylation is 5. The Kier molecular flexibility index (Phi) is 34.1. The van der Waals surface area contributed by atoms with Crippen molar-refractivity contribution in [2.75, 3.05) is 36.0 Å². The van der Waals surface area contributed by atoms with Gasteiger partial charge >= 0.3 is 6.09 Å². The molecule has 12 aromatic heterocycles. The lowest BCUT2D eigenvalue weighted by atomic mass is 10.1. The molecule has 714 valence electrons. The standard InChI is InChI=1S/C26H31N5O3S.C21H23N5OS.C16H12ClN3OS.C15H9BrClN3OS.C15H10ClN3OS.C7H5ClN2OS/c1-5-20-13-21-22(35-20)23(32)31(15-18-10-7-6-9-17(18)14-27)24(29-21)30-12-8-11-19(16-30)28-25(33)34-26(2,3)4;1-2-17-10-18-19(28-17)20(27)26(12-15-7-4-3-6-14(15)11-22)21(24-18)25-9-5-8-16(23)13-25;1-2-12-7-13-14(22-12)15(21)20(16(17)19-13)9-11-6-4-3-5-10(11)8-18;16-6-11-5-12-13(22-11)14(21)20(15(17)19-12)8-10-4-2-1-3-9(10)7-18;1-9-6-12-13(21-9)14(20)19(15(16)18-12)8-11-5-3-2-4-10(11)7-17;1-3-2-4-5(12-3)6(11)10-7(8)9-4/h6-7,9-10,13,19H,5,8,11-12,15-16H2,1-4H3,(H,28,33);3-4,6-7,10,16H,2,5,8-9,12-13,23H2,1H3;3-7H,2,9H2,1H3;1-5H,6,8H2;2-6H,8H2,1H3;2H,1H3,(H,9,10,11)/t19-;16-;;;;/m11..../s1. The summed E-state index contributed by atoms with van der Waals surface area (Å²) in [6.45, 7) is 19.6. The summed E-state index contributed by atoms with van der Waals surface area (Å²) >= 11 is 36.1. The number of thiophene rings is 6. The number of aromatic amines is 1. The average molecular weight is 2130 g/mol. The van der Waals surface area contributed by atoms with E-state index in [2.05, 4.69) is 100 Å². The Morgan fingerprint density at radius 3 is 1.11 bits per heavy atom. The number of nitrogens with two attached hydrogens (primary N) is 1. The van der Waals surface area contributed by atoms with E-state index in [0.29, 0.717) is 120 Å². The van der Waals surface area contributed by atoms with Gasteiger partial charge in [0.25, 0.3) is 33.4 Å². The number of carbonyl (C=O) groups is 1. The second-order valence-electron chi connectivity index (χ2n) is 33.4. The monoisotopic (exact) mass is 2120 g/mol. The van der Waals surface area contributed by atoms with Gasteiger partial charge in [0.05, 0.1) is 124 Å². The molecule has 17 aromatic rings. The van der Waals surface area contributed by atoms with Gasteiger partial charge in [-0.05, 0) is 221 Å². The first kappa shape index (κ1) is 103. The van der Waals surface area contributed by atoms with Gasteiger partial charge in [0, 0.05) is 72.9 Å². The molecule has 0 aliphatic carbocycles. The number of piperidine rings is 2. The quantitative estimate of drug-likeness (QED) is 0.0563. The fourth-order valence-corrected chi connectivity index (χ4v) is 22.7. The molecule has 19 rings (SSSR count). The van der Waals surface area contributed by atoms with Gasteiger partial charge in [-0.2, -0.15) is 26.3 Å². The molecule has 4 N–H and O–H groups in total. The van der Waals surface area contributed by atoms with E-state index in [1.54, 1.807) is 57.7 Å². The molecule has 0 unspecified atom stereocenters. The first-order valence-corrected chi connectivity index (χ1v) is 51.8. The van der Waals surface area contributed by atoms with Crippen molar-refractivity contribution in [3.8, 4) is 30.3 Å². The number of hydrogen-bond donors (Lipinski definition) is 3. The van der Waals surface area contributed by atoms with Crippen LogP contribution in [0.15, 0.2) is 186 Å². The molecule has 29 nitrogen and oxygen atoms in total. The number of benzene rings is 5. The Bertz CT molecular complexity index is 8040. The molecule has 1 amide bonds. The number of rotatable bonds is 17. The van der Waals surface area contributed by atoms with Crippen LogP contribution in [0, 0.1) is 70.5 Å². The van der Waals surface area contributed by atoms with Gasteiger partial charge < -0.3 is 25.6 Å². The molecular formula is C100H90BrCl4N21O8S6. The van der Waals surface area contributed by atoms with Crippen LogP contribution in [0.1, 0.15) is 152 Å². The van der Waals surface area contributed by atoms with Crippen LogP contribution in [0.3, 0.4) is 0 Å². The van der Waals surface area contributed by atoms with Gasteiger partial charge in [0.2, 0.25) is 33.0 Å². The molecule has 2 saturated heterocycles. The Labute approximate surface area is 855 Å². The highest BCUT2D eigenvalue weighted by Gasteiger charge is 2.30. The van der Waals surface area contributed by atoms with Gasteiger partial charge in [-0.1, -0.05) is 128 Å². The molecule has 0 saturated carbocycles. The summed E-state index contributed by atoms with van der Waals surface area (Å²) in [6, 6.07) is 58.4. The Balaban J connectivity index is 0.000000137. The number of ether oxygens (including phenoxy) is 1. The van der Waals surface area contributed by atoms with Crippen LogP contribution in [0.4, 0.5) is 16.7 Å². The molecule has 2 atom stereocenters. The van der Waals surface area contributed by atoms with Crippen molar-refractivity contribution in [3.05, 3.63) is 326 Å². The van der Waals surface area contributed by atoms with Gasteiger partial charge in [0.1, 0.15) is 33.8 Å². The fourth-order valence-electron chi connectivity index (χ4n) is 15.7. The number of hydrogen-bond acceptors (Lipinski definition) is 28. The topological polar surface area (TPSA) is 410 Å². The predicted octanol–water partition coefficient (Wildman–Crippen LogP) is 20.1. The number of H-pyrrole nitrogens is 1. The largest absolute Gasteiger partial charge is 0.444 e. The number of carbonyl (C=O) groups excluding carboxylic acids is 1. The second kappa shape index (κ2) is 46.4. The van der Waals surface area contributed by atoms with Crippen LogP contribution < -0.4 is 54.2 Å². The van der Waals surface area contributed by atoms with Crippen LogP contribution in [0.2, 0.25) is 21.1 Å². The van der Waals surface area contributed by atoms with Gasteiger partial charge in [-0.3, -0.25) is 56.6 Å². The zero-order valence-corrected chi connectivity index (χ0v) is 86.4. The number of amides is 1. The minimum atomic E-state index is -0.574. The minimum Gasteiger partial charge on any atom is -0.444 e. The van der Waals surface area contributed by atoms with Crippen LogP contribution in [0.25, 0.3) is 61.3 Å². The molecular weight excluding hydrogens is 2040 g/mol.